The van der Waals surface area contributed by atoms with Crippen molar-refractivity contribution in [1.82, 2.24) is 9.44 Å². The summed E-state index contributed by atoms with van der Waals surface area (Å²) in [6, 6.07) is 2.20. The van der Waals surface area contributed by atoms with Crippen molar-refractivity contribution in [3.8, 4) is 0 Å². The maximum Gasteiger partial charge on any atom is 0.330 e. The van der Waals surface area contributed by atoms with Crippen molar-refractivity contribution < 1.29 is 9.90 Å². The highest BCUT2D eigenvalue weighted by Crippen LogP contribution is 2.38. The Bertz CT molecular complexity index is 545. The molecule has 0 aromatic heterocycles. The molecule has 5 nitrogen and oxygen atoms in total. The number of nitrogens with one attached hydrogen (secondary N) is 3. The highest BCUT2D eigenvalue weighted by molar-refractivity contribution is 7.96. The molecule has 0 saturated heterocycles. The molecule has 0 unspecified atom stereocenters. The third-order valence-corrected chi connectivity index (χ3v) is 5.25. The van der Waals surface area contributed by atoms with E-state index in [0.717, 1.165) is 50.8 Å². The van der Waals surface area contributed by atoms with E-state index in [4.69, 9.17) is 5.11 Å². The molecular formula is C17H25N3O2S. The number of hydrogen-bond acceptors (Lipinski definition) is 4. The molecule has 126 valence electrons. The van der Waals surface area contributed by atoms with Crippen LogP contribution < -0.4 is 14.8 Å². The first-order valence-electron chi connectivity index (χ1n) is 8.52. The Morgan fingerprint density at radius 1 is 1.09 bits per heavy atom. The van der Waals surface area contributed by atoms with Crippen molar-refractivity contribution >= 4 is 23.9 Å². The fourth-order valence-corrected chi connectivity index (χ4v) is 4.01. The topological polar surface area (TPSA) is 73.4 Å². The quantitative estimate of drug-likeness (QED) is 0.457. The smallest absolute Gasteiger partial charge is 0.330 e. The molecule has 23 heavy (non-hydrogen) atoms. The number of fused-ring (bicyclic) bond motifs is 2. The minimum atomic E-state index is -0.168. The maximum absolute atomic E-state index is 12.2. The van der Waals surface area contributed by atoms with Crippen molar-refractivity contribution in [3.05, 3.63) is 28.3 Å². The lowest BCUT2D eigenvalue weighted by atomic mass is 9.99. The summed E-state index contributed by atoms with van der Waals surface area (Å²) in [5.41, 5.74) is 6.63. The number of anilines is 1. The van der Waals surface area contributed by atoms with E-state index in [1.54, 1.807) is 0 Å². The molecule has 0 fully saturated rings. The molecule has 0 bridgehead atoms. The summed E-state index contributed by atoms with van der Waals surface area (Å²) in [4.78, 5) is 12.2. The Morgan fingerprint density at radius 3 is 2.43 bits per heavy atom. The average Bonchev–Trinajstić information content (AvgIpc) is 3.19. The average molecular weight is 335 g/mol. The second-order valence-corrected chi connectivity index (χ2v) is 6.91. The third kappa shape index (κ3) is 4.00. The summed E-state index contributed by atoms with van der Waals surface area (Å²) in [5, 5.41) is 11.8. The van der Waals surface area contributed by atoms with Gasteiger partial charge in [0.2, 0.25) is 0 Å². The molecule has 0 heterocycles. The Morgan fingerprint density at radius 2 is 1.78 bits per heavy atom. The SMILES string of the molecule is O=C(NSNCCCCO)Nc1c2c(cc3c1CCC3)CCC2. The van der Waals surface area contributed by atoms with E-state index < -0.39 is 0 Å². The minimum absolute atomic E-state index is 0.168. The molecule has 3 rings (SSSR count). The molecule has 0 atom stereocenters. The van der Waals surface area contributed by atoms with Crippen molar-refractivity contribution in [1.29, 1.82) is 0 Å². The van der Waals surface area contributed by atoms with Crippen LogP contribution in [0.3, 0.4) is 0 Å². The summed E-state index contributed by atoms with van der Waals surface area (Å²) in [7, 11) is 0. The first-order chi connectivity index (χ1) is 11.3. The van der Waals surface area contributed by atoms with Crippen LogP contribution in [-0.2, 0) is 25.7 Å². The van der Waals surface area contributed by atoms with Gasteiger partial charge in [-0.3, -0.25) is 4.72 Å². The van der Waals surface area contributed by atoms with E-state index in [0.29, 0.717) is 0 Å². The van der Waals surface area contributed by atoms with Gasteiger partial charge < -0.3 is 10.4 Å². The zero-order valence-electron chi connectivity index (χ0n) is 13.4. The second kappa shape index (κ2) is 8.04. The fourth-order valence-electron chi connectivity index (χ4n) is 3.55. The molecule has 2 aliphatic carbocycles. The number of amides is 2. The highest BCUT2D eigenvalue weighted by atomic mass is 32.2. The number of urea groups is 1. The predicted octanol–water partition coefficient (Wildman–Crippen LogP) is 2.71. The van der Waals surface area contributed by atoms with Crippen molar-refractivity contribution in [2.75, 3.05) is 18.5 Å². The second-order valence-electron chi connectivity index (χ2n) is 6.22. The number of carbonyl (C=O) groups excluding carboxylic acids is 1. The summed E-state index contributed by atoms with van der Waals surface area (Å²) >= 11 is 1.20. The number of aliphatic hydroxyl groups excluding tert-OH is 1. The lowest BCUT2D eigenvalue weighted by Crippen LogP contribution is -2.27. The van der Waals surface area contributed by atoms with Crippen LogP contribution in [0.2, 0.25) is 0 Å². The summed E-state index contributed by atoms with van der Waals surface area (Å²) < 4.78 is 5.86. The van der Waals surface area contributed by atoms with Crippen LogP contribution in [0.25, 0.3) is 0 Å². The summed E-state index contributed by atoms with van der Waals surface area (Å²) in [6.07, 6.45) is 8.48. The molecule has 0 saturated carbocycles. The zero-order chi connectivity index (χ0) is 16.1. The van der Waals surface area contributed by atoms with Crippen molar-refractivity contribution in [3.63, 3.8) is 0 Å². The van der Waals surface area contributed by atoms with Gasteiger partial charge in [-0.1, -0.05) is 6.07 Å². The standard InChI is InChI=1S/C17H25N3O2S/c21-10-2-1-9-18-23-20-17(22)19-16-14-7-3-5-12(14)11-13-6-4-8-15(13)16/h11,18,21H,1-10H2,(H2,19,20,22). The van der Waals surface area contributed by atoms with Gasteiger partial charge in [0.05, 0.1) is 0 Å². The third-order valence-electron chi connectivity index (χ3n) is 4.61. The van der Waals surface area contributed by atoms with Gasteiger partial charge in [-0.15, -0.1) is 0 Å². The number of benzene rings is 1. The van der Waals surface area contributed by atoms with Gasteiger partial charge >= 0.3 is 6.03 Å². The largest absolute Gasteiger partial charge is 0.396 e. The van der Waals surface area contributed by atoms with Crippen LogP contribution in [-0.4, -0.2) is 24.3 Å². The number of unbranched alkanes of at least 4 members (excludes halogenated alkanes) is 1. The van der Waals surface area contributed by atoms with E-state index in [9.17, 15) is 4.79 Å². The Kier molecular flexibility index (Phi) is 5.80. The molecule has 0 spiro atoms. The molecule has 0 aliphatic heterocycles. The molecule has 4 N–H and O–H groups in total. The van der Waals surface area contributed by atoms with Crippen LogP contribution in [0, 0.1) is 0 Å². The predicted molar refractivity (Wildman–Crippen MR) is 94.6 cm³/mol. The van der Waals surface area contributed by atoms with Gasteiger partial charge in [-0.2, -0.15) is 0 Å². The fraction of sp³-hybridized carbons (Fsp3) is 0.588. The van der Waals surface area contributed by atoms with Crippen LogP contribution in [0.1, 0.15) is 47.9 Å². The van der Waals surface area contributed by atoms with Crippen LogP contribution in [0.4, 0.5) is 10.5 Å². The number of hydrogen-bond donors (Lipinski definition) is 4. The molecule has 1 aromatic rings. The molecule has 0 radical (unpaired) electrons. The minimum Gasteiger partial charge on any atom is -0.396 e. The van der Waals surface area contributed by atoms with E-state index in [1.165, 1.54) is 47.2 Å². The summed E-state index contributed by atoms with van der Waals surface area (Å²) in [6.45, 7) is 0.978. The Hall–Kier alpha value is -1.24. The molecule has 6 heteroatoms. The molecular weight excluding hydrogens is 310 g/mol. The van der Waals surface area contributed by atoms with Gasteiger partial charge in [0.15, 0.2) is 0 Å². The number of aryl methyl sites for hydroxylation is 2. The van der Waals surface area contributed by atoms with Crippen molar-refractivity contribution in [2.45, 2.75) is 51.4 Å². The molecule has 2 amide bonds. The van der Waals surface area contributed by atoms with Crippen LogP contribution in [0.5, 0.6) is 0 Å². The Balaban J connectivity index is 1.57. The van der Waals surface area contributed by atoms with Gasteiger partial charge in [0.1, 0.15) is 0 Å². The summed E-state index contributed by atoms with van der Waals surface area (Å²) in [5.74, 6) is 0. The zero-order valence-corrected chi connectivity index (χ0v) is 14.2. The molecule has 2 aliphatic rings. The van der Waals surface area contributed by atoms with Gasteiger partial charge in [-0.25, -0.2) is 9.52 Å². The van der Waals surface area contributed by atoms with Gasteiger partial charge in [0, 0.05) is 31.0 Å². The highest BCUT2D eigenvalue weighted by Gasteiger charge is 2.24. The first kappa shape index (κ1) is 16.6. The van der Waals surface area contributed by atoms with E-state index >= 15 is 0 Å². The van der Waals surface area contributed by atoms with E-state index in [2.05, 4.69) is 20.8 Å². The Labute approximate surface area is 141 Å². The molecule has 1 aromatic carbocycles. The van der Waals surface area contributed by atoms with Gasteiger partial charge in [-0.05, 0) is 73.6 Å². The van der Waals surface area contributed by atoms with E-state index in [-0.39, 0.29) is 12.6 Å². The monoisotopic (exact) mass is 335 g/mol. The van der Waals surface area contributed by atoms with Crippen LogP contribution >= 0.6 is 12.1 Å². The van der Waals surface area contributed by atoms with Gasteiger partial charge in [0.25, 0.3) is 0 Å². The lowest BCUT2D eigenvalue weighted by Gasteiger charge is -2.16. The lowest BCUT2D eigenvalue weighted by molar-refractivity contribution is 0.257. The number of carbonyl (C=O) groups is 1. The first-order valence-corrected chi connectivity index (χ1v) is 9.34. The number of rotatable bonds is 7. The maximum atomic E-state index is 12.2. The normalized spacial score (nSPS) is 15.3. The number of aliphatic hydroxyl groups is 1. The van der Waals surface area contributed by atoms with E-state index in [1.807, 2.05) is 0 Å². The van der Waals surface area contributed by atoms with Crippen molar-refractivity contribution in [2.24, 2.45) is 0 Å². The van der Waals surface area contributed by atoms with Crippen LogP contribution in [0.15, 0.2) is 6.07 Å².